The minimum absolute atomic E-state index is 0.00478. The van der Waals surface area contributed by atoms with Crippen molar-refractivity contribution in [3.8, 4) is 6.07 Å². The monoisotopic (exact) mass is 439 g/mol. The van der Waals surface area contributed by atoms with E-state index in [1.54, 1.807) is 49.5 Å². The summed E-state index contributed by atoms with van der Waals surface area (Å²) in [5.41, 5.74) is -2.52. The number of aryl methyl sites for hydroxylation is 1. The SMILES string of the molecule is CCc1c(C)sc(N[C@@](NC(=O)Cc2ccccc2)(C(=O)OC)C(F)(F)F)c1C#N. The molecule has 1 amide bonds. The van der Waals surface area contributed by atoms with Gasteiger partial charge in [-0.05, 0) is 24.5 Å². The predicted octanol–water partition coefficient (Wildman–Crippen LogP) is 3.69. The van der Waals surface area contributed by atoms with Crippen LogP contribution < -0.4 is 10.6 Å². The Balaban J connectivity index is 2.51. The zero-order valence-electron chi connectivity index (χ0n) is 16.5. The van der Waals surface area contributed by atoms with Crippen molar-refractivity contribution in [2.24, 2.45) is 0 Å². The van der Waals surface area contributed by atoms with E-state index in [-0.39, 0.29) is 17.0 Å². The van der Waals surface area contributed by atoms with Crippen LogP contribution >= 0.6 is 11.3 Å². The van der Waals surface area contributed by atoms with E-state index in [1.165, 1.54) is 0 Å². The largest absolute Gasteiger partial charge is 0.466 e. The number of esters is 1. The van der Waals surface area contributed by atoms with Gasteiger partial charge in [0.2, 0.25) is 5.91 Å². The van der Waals surface area contributed by atoms with Gasteiger partial charge in [0.15, 0.2) is 0 Å². The van der Waals surface area contributed by atoms with Crippen molar-refractivity contribution in [2.75, 3.05) is 12.4 Å². The smallest absolute Gasteiger partial charge is 0.441 e. The number of ether oxygens (including phenoxy) is 1. The molecule has 0 aliphatic heterocycles. The first-order valence-corrected chi connectivity index (χ1v) is 9.71. The first-order valence-electron chi connectivity index (χ1n) is 8.90. The van der Waals surface area contributed by atoms with E-state index >= 15 is 0 Å². The number of alkyl halides is 3. The molecule has 10 heteroatoms. The Morgan fingerprint density at radius 3 is 2.37 bits per heavy atom. The predicted molar refractivity (Wildman–Crippen MR) is 106 cm³/mol. The number of carbonyl (C=O) groups excluding carboxylic acids is 2. The lowest BCUT2D eigenvalue weighted by atomic mass is 10.1. The maximum Gasteiger partial charge on any atom is 0.441 e. The van der Waals surface area contributed by atoms with Gasteiger partial charge in [-0.2, -0.15) is 18.4 Å². The molecule has 0 fully saturated rings. The molecule has 0 aliphatic carbocycles. The summed E-state index contributed by atoms with van der Waals surface area (Å²) in [7, 11) is 0.788. The number of hydrogen-bond acceptors (Lipinski definition) is 6. The Morgan fingerprint density at radius 1 is 1.23 bits per heavy atom. The van der Waals surface area contributed by atoms with Crippen LogP contribution in [0.15, 0.2) is 30.3 Å². The van der Waals surface area contributed by atoms with E-state index < -0.39 is 23.7 Å². The molecule has 2 N–H and O–H groups in total. The Labute approximate surface area is 175 Å². The van der Waals surface area contributed by atoms with Gasteiger partial charge < -0.3 is 15.4 Å². The molecule has 2 rings (SSSR count). The lowest BCUT2D eigenvalue weighted by Crippen LogP contribution is -2.69. The molecule has 0 radical (unpaired) electrons. The summed E-state index contributed by atoms with van der Waals surface area (Å²) in [5.74, 6) is -2.79. The van der Waals surface area contributed by atoms with Crippen LogP contribution in [0.25, 0.3) is 0 Å². The summed E-state index contributed by atoms with van der Waals surface area (Å²) in [6.07, 6.45) is -5.22. The summed E-state index contributed by atoms with van der Waals surface area (Å²) < 4.78 is 46.9. The standard InChI is InChI=1S/C20H20F3N3O3S/c1-4-14-12(2)30-17(15(14)11-24)26-19(18(28)29-3,20(21,22)23)25-16(27)10-13-8-6-5-7-9-13/h5-9,26H,4,10H2,1-3H3,(H,25,27)/t19-/m0/s1. The number of thiophene rings is 1. The first-order chi connectivity index (χ1) is 14.1. The molecule has 160 valence electrons. The third kappa shape index (κ3) is 4.57. The molecule has 0 aliphatic rings. The second-order valence-corrected chi connectivity index (χ2v) is 7.61. The van der Waals surface area contributed by atoms with Crippen LogP contribution in [0.4, 0.5) is 18.2 Å². The van der Waals surface area contributed by atoms with Gasteiger partial charge in [-0.1, -0.05) is 37.3 Å². The van der Waals surface area contributed by atoms with Crippen LogP contribution in [-0.4, -0.2) is 30.8 Å². The number of carbonyl (C=O) groups is 2. The third-order valence-corrected chi connectivity index (χ3v) is 5.49. The normalized spacial score (nSPS) is 13.1. The highest BCUT2D eigenvalue weighted by molar-refractivity contribution is 7.16. The van der Waals surface area contributed by atoms with Crippen LogP contribution in [0.2, 0.25) is 0 Å². The lowest BCUT2D eigenvalue weighted by molar-refractivity contribution is -0.206. The zero-order valence-corrected chi connectivity index (χ0v) is 17.3. The number of rotatable bonds is 7. The number of benzene rings is 1. The number of amides is 1. The van der Waals surface area contributed by atoms with Crippen molar-refractivity contribution < 1.29 is 27.5 Å². The molecule has 0 unspecified atom stereocenters. The number of nitriles is 1. The second kappa shape index (κ2) is 9.17. The molecular formula is C20H20F3N3O3S. The first kappa shape index (κ1) is 23.2. The Kier molecular flexibility index (Phi) is 7.10. The second-order valence-electron chi connectivity index (χ2n) is 6.38. The van der Waals surface area contributed by atoms with Crippen LogP contribution in [0, 0.1) is 18.3 Å². The van der Waals surface area contributed by atoms with Crippen LogP contribution in [0.3, 0.4) is 0 Å². The molecule has 1 aromatic heterocycles. The zero-order chi connectivity index (χ0) is 22.5. The number of nitrogens with zero attached hydrogens (tertiary/aromatic N) is 1. The summed E-state index contributed by atoms with van der Waals surface area (Å²) in [5, 5.41) is 13.1. The van der Waals surface area contributed by atoms with Crippen LogP contribution in [0.1, 0.15) is 28.5 Å². The van der Waals surface area contributed by atoms with Gasteiger partial charge in [0.25, 0.3) is 0 Å². The van der Waals surface area contributed by atoms with Crippen molar-refractivity contribution in [1.82, 2.24) is 5.32 Å². The average molecular weight is 439 g/mol. The van der Waals surface area contributed by atoms with Crippen LogP contribution in [-0.2, 0) is 27.2 Å². The van der Waals surface area contributed by atoms with Gasteiger partial charge >= 0.3 is 17.8 Å². The maximum absolute atomic E-state index is 14.2. The Bertz CT molecular complexity index is 967. The molecule has 6 nitrogen and oxygen atoms in total. The molecule has 0 saturated heterocycles. The number of hydrogen-bond donors (Lipinski definition) is 2. The van der Waals surface area contributed by atoms with Gasteiger partial charge in [0.05, 0.1) is 19.1 Å². The maximum atomic E-state index is 14.2. The number of methoxy groups -OCH3 is 1. The minimum atomic E-state index is -5.26. The number of nitrogens with one attached hydrogen (secondary N) is 2. The highest BCUT2D eigenvalue weighted by atomic mass is 32.1. The fourth-order valence-electron chi connectivity index (χ4n) is 2.96. The van der Waals surface area contributed by atoms with Gasteiger partial charge in [-0.15, -0.1) is 11.3 Å². The molecule has 30 heavy (non-hydrogen) atoms. The van der Waals surface area contributed by atoms with Crippen molar-refractivity contribution in [2.45, 2.75) is 38.5 Å². The summed E-state index contributed by atoms with van der Waals surface area (Å²) in [4.78, 5) is 25.4. The number of anilines is 1. The molecule has 1 aromatic carbocycles. The van der Waals surface area contributed by atoms with Crippen LogP contribution in [0.5, 0.6) is 0 Å². The molecule has 1 atom stereocenters. The van der Waals surface area contributed by atoms with Crippen molar-refractivity contribution in [3.05, 3.63) is 51.9 Å². The van der Waals surface area contributed by atoms with E-state index in [2.05, 4.69) is 10.1 Å². The number of halogens is 3. The van der Waals surface area contributed by atoms with Gasteiger partial charge in [-0.3, -0.25) is 4.79 Å². The third-order valence-electron chi connectivity index (χ3n) is 4.43. The van der Waals surface area contributed by atoms with Gasteiger partial charge in [0.1, 0.15) is 11.1 Å². The molecule has 1 heterocycles. The van der Waals surface area contributed by atoms with Gasteiger partial charge in [-0.25, -0.2) is 4.79 Å². The van der Waals surface area contributed by atoms with Gasteiger partial charge in [0, 0.05) is 4.88 Å². The van der Waals surface area contributed by atoms with Crippen molar-refractivity contribution in [1.29, 1.82) is 5.26 Å². The topological polar surface area (TPSA) is 91.2 Å². The summed E-state index contributed by atoms with van der Waals surface area (Å²) in [6.45, 7) is 3.43. The fraction of sp³-hybridized carbons (Fsp3) is 0.350. The summed E-state index contributed by atoms with van der Waals surface area (Å²) >= 11 is 0.899. The quantitative estimate of drug-likeness (QED) is 0.507. The average Bonchev–Trinajstić information content (AvgIpc) is 3.00. The van der Waals surface area contributed by atoms with E-state index in [4.69, 9.17) is 0 Å². The van der Waals surface area contributed by atoms with Crippen molar-refractivity contribution in [3.63, 3.8) is 0 Å². The molecule has 2 aromatic rings. The Hall–Kier alpha value is -3.06. The highest BCUT2D eigenvalue weighted by Gasteiger charge is 2.63. The Morgan fingerprint density at radius 2 is 1.87 bits per heavy atom. The lowest BCUT2D eigenvalue weighted by Gasteiger charge is -2.34. The molecule has 0 saturated carbocycles. The molecule has 0 bridgehead atoms. The van der Waals surface area contributed by atoms with E-state index in [0.717, 1.165) is 18.4 Å². The molecule has 0 spiro atoms. The molecular weight excluding hydrogens is 419 g/mol. The fourth-order valence-corrected chi connectivity index (χ4v) is 4.11. The highest BCUT2D eigenvalue weighted by Crippen LogP contribution is 2.39. The van der Waals surface area contributed by atoms with E-state index in [9.17, 15) is 28.0 Å². The van der Waals surface area contributed by atoms with E-state index in [0.29, 0.717) is 22.4 Å². The van der Waals surface area contributed by atoms with Crippen molar-refractivity contribution >= 4 is 28.2 Å². The summed E-state index contributed by atoms with van der Waals surface area (Å²) in [6, 6.07) is 10.00. The minimum Gasteiger partial charge on any atom is -0.466 e. The van der Waals surface area contributed by atoms with E-state index in [1.807, 2.05) is 6.07 Å².